The number of carbonyl (C=O) groups is 4. The molecule has 5 heterocycles. The first-order chi connectivity index (χ1) is 44.6. The summed E-state index contributed by atoms with van der Waals surface area (Å²) in [5.74, 6) is 1.39. The van der Waals surface area contributed by atoms with E-state index in [1.165, 1.54) is 0 Å². The lowest BCUT2D eigenvalue weighted by Crippen LogP contribution is -2.32. The molecular formula is C76H64N8O8. The van der Waals surface area contributed by atoms with Crippen LogP contribution in [0, 0.1) is 0 Å². The molecule has 16 heteroatoms. The summed E-state index contributed by atoms with van der Waals surface area (Å²) in [6.45, 7) is 8.63. The number of benzene rings is 8. The van der Waals surface area contributed by atoms with Crippen molar-refractivity contribution in [2.75, 3.05) is 21.3 Å². The average Bonchev–Trinajstić information content (AvgIpc) is 1.55. The lowest BCUT2D eigenvalue weighted by molar-refractivity contribution is 0.214. The highest BCUT2D eigenvalue weighted by molar-refractivity contribution is 5.88. The van der Waals surface area contributed by atoms with E-state index < -0.39 is 46.0 Å². The summed E-state index contributed by atoms with van der Waals surface area (Å²) in [7, 11) is 0. The summed E-state index contributed by atoms with van der Waals surface area (Å²) >= 11 is 0. The summed E-state index contributed by atoms with van der Waals surface area (Å²) in [5.41, 5.74) is 8.84. The van der Waals surface area contributed by atoms with Crippen LogP contribution in [0.3, 0.4) is 0 Å². The topological polar surface area (TPSA) is 216 Å². The predicted molar refractivity (Wildman–Crippen MR) is 356 cm³/mol. The molecule has 8 aromatic carbocycles. The third-order valence-electron chi connectivity index (χ3n) is 17.7. The van der Waals surface area contributed by atoms with Crippen molar-refractivity contribution >= 4 is 47.1 Å². The molecule has 0 unspecified atom stereocenters. The number of H-pyrrole nitrogens is 4. The maximum absolute atomic E-state index is 13.2. The van der Waals surface area contributed by atoms with E-state index in [1.807, 2.05) is 121 Å². The molecule has 8 bridgehead atoms. The Kier molecular flexibility index (Phi) is 15.7. The quantitative estimate of drug-likeness (QED) is 0.0587. The van der Waals surface area contributed by atoms with Gasteiger partial charge in [-0.3, -0.25) is 21.3 Å². The van der Waals surface area contributed by atoms with Gasteiger partial charge in [0.25, 0.3) is 0 Å². The number of hydrogen-bond donors (Lipinski definition) is 8. The van der Waals surface area contributed by atoms with E-state index in [4.69, 9.17) is 18.9 Å². The number of anilines is 4. The van der Waals surface area contributed by atoms with Gasteiger partial charge in [-0.15, -0.1) is 0 Å². The predicted octanol–water partition coefficient (Wildman–Crippen LogP) is 17.2. The molecule has 0 saturated carbocycles. The second-order valence-corrected chi connectivity index (χ2v) is 23.3. The summed E-state index contributed by atoms with van der Waals surface area (Å²) in [6, 6.07) is 83.4. The van der Waals surface area contributed by atoms with Crippen molar-refractivity contribution in [2.24, 2.45) is 0 Å². The Bertz CT molecular complexity index is 3920. The Morgan fingerprint density at radius 2 is 0.402 bits per heavy atom. The van der Waals surface area contributed by atoms with Crippen molar-refractivity contribution < 1.29 is 38.1 Å². The van der Waals surface area contributed by atoms with Crippen LogP contribution in [0.4, 0.5) is 41.9 Å². The highest BCUT2D eigenvalue weighted by Gasteiger charge is 2.44. The third kappa shape index (κ3) is 11.5. The van der Waals surface area contributed by atoms with E-state index in [-0.39, 0.29) is 0 Å². The Labute approximate surface area is 531 Å². The molecule has 92 heavy (non-hydrogen) atoms. The highest BCUT2D eigenvalue weighted by Crippen LogP contribution is 2.48. The van der Waals surface area contributed by atoms with Gasteiger partial charge in [0, 0.05) is 68.3 Å². The fourth-order valence-corrected chi connectivity index (χ4v) is 12.3. The number of para-hydroxylation sites is 4. The van der Waals surface area contributed by atoms with Crippen molar-refractivity contribution in [1.82, 2.24) is 19.9 Å². The van der Waals surface area contributed by atoms with Gasteiger partial charge in [-0.1, -0.05) is 121 Å². The van der Waals surface area contributed by atoms with Crippen LogP contribution in [-0.2, 0) is 21.7 Å². The number of nitrogens with one attached hydrogen (secondary N) is 8. The van der Waals surface area contributed by atoms with Crippen LogP contribution in [-0.4, -0.2) is 44.3 Å². The minimum absolute atomic E-state index is 0.348. The molecule has 0 fully saturated rings. The van der Waals surface area contributed by atoms with Crippen LogP contribution in [0.5, 0.6) is 23.0 Å². The minimum atomic E-state index is -0.938. The smallest absolute Gasteiger partial charge is 0.410 e. The van der Waals surface area contributed by atoms with E-state index >= 15 is 0 Å². The zero-order valence-corrected chi connectivity index (χ0v) is 50.7. The molecule has 0 radical (unpaired) electrons. The molecule has 0 saturated heterocycles. The van der Waals surface area contributed by atoms with Crippen LogP contribution >= 0.6 is 0 Å². The molecule has 0 aliphatic carbocycles. The number of amides is 4. The van der Waals surface area contributed by atoms with Crippen LogP contribution in [0.2, 0.25) is 0 Å². The molecule has 456 valence electrons. The van der Waals surface area contributed by atoms with Crippen LogP contribution in [0.25, 0.3) is 0 Å². The van der Waals surface area contributed by atoms with Gasteiger partial charge in [-0.2, -0.15) is 0 Å². The van der Waals surface area contributed by atoms with Gasteiger partial charge in [0.2, 0.25) is 0 Å². The SMILES string of the molecule is CC1(c2ccc(OC(=O)Nc3ccccc3)cc2)c2ccc([nH]2)C(C)(c2ccc(OC(=O)Nc3ccccc3)cc2)c2ccc([nH]2)C(C)(c2ccc(OC(=O)Nc3ccccc3)cc2)c2ccc([nH]2)C(C)(c2ccc(OC(=O)Nc3ccccc3)cc2)c2ccc1[nH]2. The molecule has 16 nitrogen and oxygen atoms in total. The maximum atomic E-state index is 13.2. The van der Waals surface area contributed by atoms with E-state index in [0.29, 0.717) is 45.7 Å². The number of hydrogen-bond acceptors (Lipinski definition) is 8. The summed E-state index contributed by atoms with van der Waals surface area (Å²) in [6.07, 6.45) is -2.50. The maximum Gasteiger partial charge on any atom is 0.417 e. The normalized spacial score (nSPS) is 18.1. The van der Waals surface area contributed by atoms with Gasteiger partial charge in [0.05, 0.1) is 21.7 Å². The molecule has 8 N–H and O–H groups in total. The Morgan fingerprint density at radius 1 is 0.239 bits per heavy atom. The second-order valence-electron chi connectivity index (χ2n) is 23.3. The molecular weight excluding hydrogens is 1150 g/mol. The number of ether oxygens (including phenoxy) is 4. The van der Waals surface area contributed by atoms with Crippen molar-refractivity contribution in [3.63, 3.8) is 0 Å². The second kappa shape index (κ2) is 24.5. The number of fused-ring (bicyclic) bond motifs is 8. The van der Waals surface area contributed by atoms with E-state index in [0.717, 1.165) is 67.8 Å². The largest absolute Gasteiger partial charge is 0.417 e. The number of aromatic nitrogens is 4. The monoisotopic (exact) mass is 1220 g/mol. The summed E-state index contributed by atoms with van der Waals surface area (Å²) in [4.78, 5) is 68.7. The molecule has 0 spiro atoms. The molecule has 1 aliphatic heterocycles. The number of carbonyl (C=O) groups excluding carboxylic acids is 4. The lowest BCUT2D eigenvalue weighted by Gasteiger charge is -2.34. The molecule has 4 aromatic heterocycles. The zero-order chi connectivity index (χ0) is 63.5. The molecule has 4 amide bonds. The first-order valence-electron chi connectivity index (χ1n) is 30.0. The minimum Gasteiger partial charge on any atom is -0.410 e. The molecule has 1 aliphatic rings. The van der Waals surface area contributed by atoms with E-state index in [9.17, 15) is 19.2 Å². The van der Waals surface area contributed by atoms with Gasteiger partial charge < -0.3 is 38.9 Å². The van der Waals surface area contributed by atoms with Crippen molar-refractivity contribution in [1.29, 1.82) is 0 Å². The Hall–Kier alpha value is -12.0. The number of aromatic amines is 4. The van der Waals surface area contributed by atoms with Gasteiger partial charge in [0.1, 0.15) is 23.0 Å². The van der Waals surface area contributed by atoms with Crippen LogP contribution in [0.15, 0.2) is 267 Å². The first-order valence-corrected chi connectivity index (χ1v) is 30.0. The van der Waals surface area contributed by atoms with Crippen molar-refractivity contribution in [3.8, 4) is 23.0 Å². The van der Waals surface area contributed by atoms with Crippen LogP contribution < -0.4 is 40.2 Å². The van der Waals surface area contributed by atoms with E-state index in [1.54, 1.807) is 97.1 Å². The van der Waals surface area contributed by atoms with Crippen molar-refractivity contribution in [2.45, 2.75) is 49.4 Å². The lowest BCUT2D eigenvalue weighted by atomic mass is 9.76. The fraction of sp³-hybridized carbons (Fsp3) is 0.105. The number of rotatable bonds is 12. The zero-order valence-electron chi connectivity index (χ0n) is 50.7. The van der Waals surface area contributed by atoms with Crippen LogP contribution in [0.1, 0.15) is 95.5 Å². The first kappa shape index (κ1) is 59.0. The Balaban J connectivity index is 0.946. The molecule has 0 atom stereocenters. The third-order valence-corrected chi connectivity index (χ3v) is 17.7. The summed E-state index contributed by atoms with van der Waals surface area (Å²) in [5, 5.41) is 11.2. The summed E-state index contributed by atoms with van der Waals surface area (Å²) < 4.78 is 23.3. The Morgan fingerprint density at radius 3 is 0.565 bits per heavy atom. The van der Waals surface area contributed by atoms with Gasteiger partial charge in [-0.25, -0.2) is 19.2 Å². The highest BCUT2D eigenvalue weighted by atomic mass is 16.6. The molecule has 12 aromatic rings. The van der Waals surface area contributed by atoms with E-state index in [2.05, 4.69) is 117 Å². The van der Waals surface area contributed by atoms with Gasteiger partial charge in [0.15, 0.2) is 0 Å². The standard InChI is InChI=1S/C76H64N8O8/c1-73(49-25-33-57(34-26-49)89-69(85)77-53-17-9-5-10-18-53)61-41-43-63(81-61)74(2,50-27-35-58(36-28-50)90-70(86)78-54-19-11-6-12-20-54)65-45-47-67(83-65)76(4,52-31-39-60(40-32-52)92-72(88)80-56-23-15-8-16-24-56)68-48-46-66(84-68)75(3,64-44-42-62(73)82-64)51-29-37-59(38-30-51)91-71(87)79-55-21-13-7-14-22-55/h5-48,81-84H,1-4H3,(H,77,85)(H,78,86)(H,79,87)(H,80,88). The average molecular weight is 1220 g/mol. The van der Waals surface area contributed by atoms with Crippen molar-refractivity contribution in [3.05, 3.63) is 335 Å². The molecule has 13 rings (SSSR count). The van der Waals surface area contributed by atoms with Gasteiger partial charge in [-0.05, 0) is 196 Å². The fourth-order valence-electron chi connectivity index (χ4n) is 12.3. The van der Waals surface area contributed by atoms with Gasteiger partial charge >= 0.3 is 24.4 Å².